The van der Waals surface area contributed by atoms with Gasteiger partial charge in [0.25, 0.3) is 0 Å². The molecular formula is C10H15N. The van der Waals surface area contributed by atoms with Crippen molar-refractivity contribution in [1.82, 2.24) is 0 Å². The standard InChI is InChI=1S/C9H11N.CH4/c10-9-6-5-7-3-1-2-4-8(7)9;/h1-4,9H,5-6,10H2;1H4. The summed E-state index contributed by atoms with van der Waals surface area (Å²) in [6.07, 6.45) is 2.29. The average molecular weight is 149 g/mol. The molecule has 1 nitrogen and oxygen atoms in total. The lowest BCUT2D eigenvalue weighted by Crippen LogP contribution is -2.04. The van der Waals surface area contributed by atoms with Crippen molar-refractivity contribution in [2.24, 2.45) is 5.73 Å². The molecule has 0 amide bonds. The van der Waals surface area contributed by atoms with Gasteiger partial charge in [-0.25, -0.2) is 0 Å². The molecule has 0 radical (unpaired) electrons. The summed E-state index contributed by atoms with van der Waals surface area (Å²) < 4.78 is 0. The van der Waals surface area contributed by atoms with Crippen LogP contribution in [0.4, 0.5) is 0 Å². The smallest absolute Gasteiger partial charge is 0.0300 e. The molecule has 1 atom stereocenters. The highest BCUT2D eigenvalue weighted by Crippen LogP contribution is 2.28. The SMILES string of the molecule is C.NC1CCc2ccccc21. The van der Waals surface area contributed by atoms with Gasteiger partial charge in [-0.05, 0) is 24.0 Å². The summed E-state index contributed by atoms with van der Waals surface area (Å²) in [6.45, 7) is 0. The predicted molar refractivity (Wildman–Crippen MR) is 48.4 cm³/mol. The Hall–Kier alpha value is -0.820. The van der Waals surface area contributed by atoms with E-state index in [0.29, 0.717) is 6.04 Å². The first-order valence-corrected chi connectivity index (χ1v) is 3.71. The number of benzene rings is 1. The van der Waals surface area contributed by atoms with Crippen LogP contribution in [-0.2, 0) is 6.42 Å². The Morgan fingerprint density at radius 1 is 1.27 bits per heavy atom. The Balaban J connectivity index is 0.000000605. The van der Waals surface area contributed by atoms with E-state index in [-0.39, 0.29) is 7.43 Å². The molecule has 0 bridgehead atoms. The van der Waals surface area contributed by atoms with Gasteiger partial charge in [-0.1, -0.05) is 31.7 Å². The molecular weight excluding hydrogens is 134 g/mol. The van der Waals surface area contributed by atoms with Crippen LogP contribution >= 0.6 is 0 Å². The maximum absolute atomic E-state index is 5.85. The highest BCUT2D eigenvalue weighted by Gasteiger charge is 2.16. The molecule has 60 valence electrons. The molecule has 1 aromatic rings. The molecule has 0 heterocycles. The van der Waals surface area contributed by atoms with Gasteiger partial charge in [-0.2, -0.15) is 0 Å². The Morgan fingerprint density at radius 3 is 2.73 bits per heavy atom. The van der Waals surface area contributed by atoms with Crippen molar-refractivity contribution < 1.29 is 0 Å². The van der Waals surface area contributed by atoms with Gasteiger partial charge in [-0.3, -0.25) is 0 Å². The van der Waals surface area contributed by atoms with E-state index in [4.69, 9.17) is 5.73 Å². The third kappa shape index (κ3) is 1.29. The Kier molecular flexibility index (Phi) is 2.30. The van der Waals surface area contributed by atoms with Crippen LogP contribution in [0.15, 0.2) is 24.3 Å². The van der Waals surface area contributed by atoms with Crippen molar-refractivity contribution in [2.45, 2.75) is 26.3 Å². The van der Waals surface area contributed by atoms with Crippen LogP contribution in [0.2, 0.25) is 0 Å². The van der Waals surface area contributed by atoms with Crippen molar-refractivity contribution in [3.8, 4) is 0 Å². The Morgan fingerprint density at radius 2 is 2.00 bits per heavy atom. The summed E-state index contributed by atoms with van der Waals surface area (Å²) in [5.74, 6) is 0. The molecule has 0 spiro atoms. The quantitative estimate of drug-likeness (QED) is 0.601. The highest BCUT2D eigenvalue weighted by atomic mass is 14.6. The van der Waals surface area contributed by atoms with Crippen LogP contribution in [0, 0.1) is 0 Å². The maximum Gasteiger partial charge on any atom is 0.0300 e. The lowest BCUT2D eigenvalue weighted by atomic mass is 10.1. The van der Waals surface area contributed by atoms with E-state index in [0.717, 1.165) is 12.8 Å². The lowest BCUT2D eigenvalue weighted by Gasteiger charge is -2.01. The largest absolute Gasteiger partial charge is 0.324 e. The second-order valence-electron chi connectivity index (χ2n) is 2.84. The lowest BCUT2D eigenvalue weighted by molar-refractivity contribution is 0.713. The fourth-order valence-corrected chi connectivity index (χ4v) is 1.59. The Labute approximate surface area is 68.2 Å². The van der Waals surface area contributed by atoms with Gasteiger partial charge in [-0.15, -0.1) is 0 Å². The van der Waals surface area contributed by atoms with E-state index >= 15 is 0 Å². The summed E-state index contributed by atoms with van der Waals surface area (Å²) in [4.78, 5) is 0. The molecule has 11 heavy (non-hydrogen) atoms. The molecule has 1 aliphatic rings. The van der Waals surface area contributed by atoms with Crippen molar-refractivity contribution in [3.63, 3.8) is 0 Å². The van der Waals surface area contributed by atoms with Gasteiger partial charge in [0, 0.05) is 6.04 Å². The van der Waals surface area contributed by atoms with Crippen LogP contribution in [0.3, 0.4) is 0 Å². The fourth-order valence-electron chi connectivity index (χ4n) is 1.59. The van der Waals surface area contributed by atoms with Crippen molar-refractivity contribution >= 4 is 0 Å². The number of fused-ring (bicyclic) bond motifs is 1. The first kappa shape index (κ1) is 8.28. The minimum atomic E-state index is 0. The van der Waals surface area contributed by atoms with Crippen molar-refractivity contribution in [1.29, 1.82) is 0 Å². The molecule has 2 rings (SSSR count). The zero-order valence-electron chi connectivity index (χ0n) is 5.88. The van der Waals surface area contributed by atoms with E-state index in [1.54, 1.807) is 0 Å². The summed E-state index contributed by atoms with van der Waals surface area (Å²) in [7, 11) is 0. The summed E-state index contributed by atoms with van der Waals surface area (Å²) in [5, 5.41) is 0. The van der Waals surface area contributed by atoms with Crippen LogP contribution in [0.5, 0.6) is 0 Å². The number of hydrogen-bond acceptors (Lipinski definition) is 1. The summed E-state index contributed by atoms with van der Waals surface area (Å²) >= 11 is 0. The topological polar surface area (TPSA) is 26.0 Å². The molecule has 1 heteroatoms. The maximum atomic E-state index is 5.85. The van der Waals surface area contributed by atoms with E-state index in [2.05, 4.69) is 24.3 Å². The van der Waals surface area contributed by atoms with Gasteiger partial charge < -0.3 is 5.73 Å². The number of aryl methyl sites for hydroxylation is 1. The van der Waals surface area contributed by atoms with E-state index in [1.807, 2.05) is 0 Å². The molecule has 1 aliphatic carbocycles. The average Bonchev–Trinajstić information content (AvgIpc) is 2.34. The van der Waals surface area contributed by atoms with Crippen LogP contribution in [0.25, 0.3) is 0 Å². The highest BCUT2D eigenvalue weighted by molar-refractivity contribution is 5.33. The summed E-state index contributed by atoms with van der Waals surface area (Å²) in [5.41, 5.74) is 8.64. The second kappa shape index (κ2) is 3.05. The third-order valence-corrected chi connectivity index (χ3v) is 2.18. The van der Waals surface area contributed by atoms with Crippen molar-refractivity contribution in [2.75, 3.05) is 0 Å². The van der Waals surface area contributed by atoms with Gasteiger partial charge >= 0.3 is 0 Å². The third-order valence-electron chi connectivity index (χ3n) is 2.18. The van der Waals surface area contributed by atoms with Crippen molar-refractivity contribution in [3.05, 3.63) is 35.4 Å². The Bertz CT molecular complexity index is 242. The van der Waals surface area contributed by atoms with Gasteiger partial charge in [0.2, 0.25) is 0 Å². The van der Waals surface area contributed by atoms with Gasteiger partial charge in [0.1, 0.15) is 0 Å². The molecule has 2 N–H and O–H groups in total. The number of hydrogen-bond donors (Lipinski definition) is 1. The minimum Gasteiger partial charge on any atom is -0.324 e. The number of nitrogens with two attached hydrogens (primary N) is 1. The molecule has 0 saturated heterocycles. The van der Waals surface area contributed by atoms with Crippen LogP contribution in [0.1, 0.15) is 31.0 Å². The fraction of sp³-hybridized carbons (Fsp3) is 0.400. The monoisotopic (exact) mass is 149 g/mol. The van der Waals surface area contributed by atoms with E-state index < -0.39 is 0 Å². The van der Waals surface area contributed by atoms with Crippen LogP contribution in [-0.4, -0.2) is 0 Å². The molecule has 1 aromatic carbocycles. The zero-order chi connectivity index (χ0) is 6.97. The molecule has 0 aromatic heterocycles. The normalized spacial score (nSPS) is 20.6. The summed E-state index contributed by atoms with van der Waals surface area (Å²) in [6, 6.07) is 8.74. The van der Waals surface area contributed by atoms with E-state index in [9.17, 15) is 0 Å². The zero-order valence-corrected chi connectivity index (χ0v) is 5.88. The number of rotatable bonds is 0. The minimum absolute atomic E-state index is 0. The molecule has 1 unspecified atom stereocenters. The van der Waals surface area contributed by atoms with E-state index in [1.165, 1.54) is 11.1 Å². The molecule has 0 fully saturated rings. The molecule has 0 saturated carbocycles. The predicted octanol–water partition coefficient (Wildman–Crippen LogP) is 2.27. The first-order chi connectivity index (χ1) is 4.88. The van der Waals surface area contributed by atoms with Gasteiger partial charge in [0.05, 0.1) is 0 Å². The van der Waals surface area contributed by atoms with Crippen LogP contribution < -0.4 is 5.73 Å². The van der Waals surface area contributed by atoms with Gasteiger partial charge in [0.15, 0.2) is 0 Å². The molecule has 0 aliphatic heterocycles. The second-order valence-corrected chi connectivity index (χ2v) is 2.84. The first-order valence-electron chi connectivity index (χ1n) is 3.71.